The molecule has 4 heteroatoms. The third kappa shape index (κ3) is 4.43. The van der Waals surface area contributed by atoms with Gasteiger partial charge in [-0.15, -0.1) is 0 Å². The number of hydrogen-bond donors (Lipinski definition) is 0. The van der Waals surface area contributed by atoms with Gasteiger partial charge in [0.25, 0.3) is 0 Å². The first-order valence-corrected chi connectivity index (χ1v) is 10.3. The van der Waals surface area contributed by atoms with Gasteiger partial charge in [-0.2, -0.15) is 5.26 Å². The summed E-state index contributed by atoms with van der Waals surface area (Å²) in [5.74, 6) is -2.22. The second-order valence-electron chi connectivity index (χ2n) is 7.83. The van der Waals surface area contributed by atoms with Gasteiger partial charge in [0.05, 0.1) is 0 Å². The molecule has 0 aliphatic carbocycles. The Bertz CT molecular complexity index is 1270. The van der Waals surface area contributed by atoms with Crippen molar-refractivity contribution >= 4 is 0 Å². The van der Waals surface area contributed by atoms with Crippen LogP contribution in [0.1, 0.15) is 29.5 Å². The molecule has 0 unspecified atom stereocenters. The van der Waals surface area contributed by atoms with E-state index in [1.54, 1.807) is 6.07 Å². The van der Waals surface area contributed by atoms with E-state index in [0.29, 0.717) is 11.5 Å². The van der Waals surface area contributed by atoms with Gasteiger partial charge in [0.2, 0.25) is 0 Å². The second-order valence-corrected chi connectivity index (χ2v) is 7.83. The van der Waals surface area contributed by atoms with Gasteiger partial charge in [0.15, 0.2) is 0 Å². The lowest BCUT2D eigenvalue weighted by Crippen LogP contribution is -1.98. The van der Waals surface area contributed by atoms with E-state index in [1.165, 1.54) is 29.3 Å². The smallest absolute Gasteiger partial charge is 0.144 e. The average molecular weight is 427 g/mol. The normalized spacial score (nSPS) is 11.7. The van der Waals surface area contributed by atoms with Crippen molar-refractivity contribution in [2.24, 2.45) is 0 Å². The molecular weight excluding hydrogens is 407 g/mol. The lowest BCUT2D eigenvalue weighted by molar-refractivity contribution is 0.577. The molecule has 0 aromatic heterocycles. The van der Waals surface area contributed by atoms with Crippen LogP contribution in [0.25, 0.3) is 22.3 Å². The quantitative estimate of drug-likeness (QED) is 0.321. The van der Waals surface area contributed by atoms with Crippen LogP contribution in [0.5, 0.6) is 0 Å². The molecule has 0 heterocycles. The number of halogens is 3. The first kappa shape index (κ1) is 21.4. The van der Waals surface area contributed by atoms with E-state index in [-0.39, 0.29) is 11.1 Å². The first-order chi connectivity index (χ1) is 15.5. The van der Waals surface area contributed by atoms with Crippen LogP contribution in [0.15, 0.2) is 84.9 Å². The molecule has 0 fully saturated rings. The zero-order valence-corrected chi connectivity index (χ0v) is 17.4. The molecule has 0 saturated heterocycles. The van der Waals surface area contributed by atoms with E-state index in [2.05, 4.69) is 19.1 Å². The van der Waals surface area contributed by atoms with Crippen LogP contribution in [0, 0.1) is 28.8 Å². The Hall–Kier alpha value is -3.84. The van der Waals surface area contributed by atoms with Crippen molar-refractivity contribution < 1.29 is 13.2 Å². The molecule has 0 aliphatic rings. The maximum Gasteiger partial charge on any atom is 0.144 e. The van der Waals surface area contributed by atoms with Crippen LogP contribution in [0.3, 0.4) is 0 Å². The number of nitrogens with zero attached hydrogens (tertiary/aromatic N) is 1. The van der Waals surface area contributed by atoms with Crippen LogP contribution in [0.2, 0.25) is 0 Å². The van der Waals surface area contributed by atoms with Crippen molar-refractivity contribution in [2.45, 2.75) is 19.3 Å². The highest BCUT2D eigenvalue weighted by Gasteiger charge is 2.15. The number of rotatable bonds is 5. The van der Waals surface area contributed by atoms with Crippen molar-refractivity contribution in [2.75, 3.05) is 0 Å². The highest BCUT2D eigenvalue weighted by Crippen LogP contribution is 2.30. The van der Waals surface area contributed by atoms with Gasteiger partial charge in [-0.25, -0.2) is 13.2 Å². The molecular formula is C28H20F3N. The van der Waals surface area contributed by atoms with Crippen molar-refractivity contribution in [3.05, 3.63) is 119 Å². The lowest BCUT2D eigenvalue weighted by atomic mass is 9.92. The van der Waals surface area contributed by atoms with Gasteiger partial charge in [0.1, 0.15) is 29.1 Å². The Morgan fingerprint density at radius 2 is 1.31 bits per heavy atom. The molecule has 4 aromatic rings. The summed E-state index contributed by atoms with van der Waals surface area (Å²) in [4.78, 5) is 0. The highest BCUT2D eigenvalue weighted by molar-refractivity contribution is 5.71. The Labute approximate surface area is 185 Å². The van der Waals surface area contributed by atoms with Gasteiger partial charge < -0.3 is 0 Å². The van der Waals surface area contributed by atoms with E-state index in [4.69, 9.17) is 5.26 Å². The molecule has 0 saturated carbocycles. The van der Waals surface area contributed by atoms with Crippen molar-refractivity contribution in [1.82, 2.24) is 0 Å². The Morgan fingerprint density at radius 1 is 0.719 bits per heavy atom. The molecule has 4 rings (SSSR count). The van der Waals surface area contributed by atoms with Gasteiger partial charge >= 0.3 is 0 Å². The van der Waals surface area contributed by atoms with Gasteiger partial charge in [-0.3, -0.25) is 0 Å². The molecule has 32 heavy (non-hydrogen) atoms. The fourth-order valence-electron chi connectivity index (χ4n) is 3.85. The molecule has 0 bridgehead atoms. The van der Waals surface area contributed by atoms with E-state index >= 15 is 0 Å². The fourth-order valence-corrected chi connectivity index (χ4v) is 3.85. The Balaban J connectivity index is 1.55. The molecule has 0 aliphatic heterocycles. The topological polar surface area (TPSA) is 23.8 Å². The molecule has 1 nitrogen and oxygen atoms in total. The van der Waals surface area contributed by atoms with Crippen molar-refractivity contribution in [1.29, 1.82) is 5.26 Å². The van der Waals surface area contributed by atoms with Crippen molar-refractivity contribution in [3.8, 4) is 28.3 Å². The van der Waals surface area contributed by atoms with Crippen LogP contribution in [-0.2, 0) is 6.42 Å². The number of hydrogen-bond acceptors (Lipinski definition) is 1. The van der Waals surface area contributed by atoms with Gasteiger partial charge in [-0.05, 0) is 58.4 Å². The molecule has 4 aromatic carbocycles. The minimum atomic E-state index is -1.01. The monoisotopic (exact) mass is 427 g/mol. The lowest BCUT2D eigenvalue weighted by Gasteiger charge is -2.13. The standard InChI is InChI=1S/C28H20F3N/c1-18(20-5-3-2-4-6-20)13-19-7-9-21(10-8-19)22-11-12-24(26(29)14-22)23-15-27(30)25(17-32)28(31)16-23/h2-12,14-16,18H,13H2,1H3/t18-/m0/s1. The summed E-state index contributed by atoms with van der Waals surface area (Å²) < 4.78 is 42.6. The predicted molar refractivity (Wildman–Crippen MR) is 120 cm³/mol. The molecule has 0 N–H and O–H groups in total. The minimum Gasteiger partial charge on any atom is -0.206 e. The zero-order valence-electron chi connectivity index (χ0n) is 17.4. The number of nitriles is 1. The van der Waals surface area contributed by atoms with E-state index in [1.807, 2.05) is 42.5 Å². The SMILES string of the molecule is C[C@@H](Cc1ccc(-c2ccc(-c3cc(F)c(C#N)c(F)c3)c(F)c2)cc1)c1ccccc1. The maximum atomic E-state index is 14.8. The summed E-state index contributed by atoms with van der Waals surface area (Å²) in [5.41, 5.74) is 3.44. The fraction of sp³-hybridized carbons (Fsp3) is 0.107. The minimum absolute atomic E-state index is 0.0493. The van der Waals surface area contributed by atoms with Crippen LogP contribution < -0.4 is 0 Å². The van der Waals surface area contributed by atoms with Crippen LogP contribution in [-0.4, -0.2) is 0 Å². The first-order valence-electron chi connectivity index (χ1n) is 10.3. The highest BCUT2D eigenvalue weighted by atomic mass is 19.1. The maximum absolute atomic E-state index is 14.8. The molecule has 0 radical (unpaired) electrons. The van der Waals surface area contributed by atoms with Crippen molar-refractivity contribution in [3.63, 3.8) is 0 Å². The summed E-state index contributed by atoms with van der Waals surface area (Å²) in [6.45, 7) is 2.19. The van der Waals surface area contributed by atoms with Gasteiger partial charge in [0, 0.05) is 5.56 Å². The van der Waals surface area contributed by atoms with E-state index in [9.17, 15) is 13.2 Å². The summed E-state index contributed by atoms with van der Waals surface area (Å²) in [6.07, 6.45) is 0.896. The molecule has 0 amide bonds. The predicted octanol–water partition coefficient (Wildman–Crippen LogP) is 7.66. The third-order valence-electron chi connectivity index (χ3n) is 5.63. The molecule has 158 valence electrons. The molecule has 1 atom stereocenters. The Morgan fingerprint density at radius 3 is 1.91 bits per heavy atom. The van der Waals surface area contributed by atoms with Crippen LogP contribution in [0.4, 0.5) is 13.2 Å². The molecule has 0 spiro atoms. The largest absolute Gasteiger partial charge is 0.206 e. The second kappa shape index (κ2) is 9.11. The summed E-state index contributed by atoms with van der Waals surface area (Å²) >= 11 is 0. The summed E-state index contributed by atoms with van der Waals surface area (Å²) in [6, 6.07) is 26.3. The zero-order chi connectivity index (χ0) is 22.7. The summed E-state index contributed by atoms with van der Waals surface area (Å²) in [7, 11) is 0. The average Bonchev–Trinajstić information content (AvgIpc) is 2.80. The third-order valence-corrected chi connectivity index (χ3v) is 5.63. The van der Waals surface area contributed by atoms with E-state index < -0.39 is 23.0 Å². The summed E-state index contributed by atoms with van der Waals surface area (Å²) in [5, 5.41) is 8.80. The van der Waals surface area contributed by atoms with Gasteiger partial charge in [-0.1, -0.05) is 73.7 Å². The van der Waals surface area contributed by atoms with E-state index in [0.717, 1.165) is 24.1 Å². The van der Waals surface area contributed by atoms with Crippen LogP contribution >= 0.6 is 0 Å². The number of benzene rings is 4. The Kier molecular flexibility index (Phi) is 6.09.